The van der Waals surface area contributed by atoms with E-state index in [4.69, 9.17) is 33.0 Å². The normalized spacial score (nSPS) is 10.5. The summed E-state index contributed by atoms with van der Waals surface area (Å²) >= 11 is 11.9. The number of halogens is 2. The molecule has 144 valence electrons. The van der Waals surface area contributed by atoms with E-state index in [0.717, 1.165) is 21.8 Å². The van der Waals surface area contributed by atoms with E-state index in [1.165, 1.54) is 0 Å². The molecule has 0 aliphatic carbocycles. The van der Waals surface area contributed by atoms with Gasteiger partial charge < -0.3 is 19.8 Å². The maximum Gasteiger partial charge on any atom is 0.356 e. The zero-order valence-electron chi connectivity index (χ0n) is 14.8. The SMILES string of the molecule is CCOC(=O)c1[nH]c2ccccc2c1Cl.O=C(O)c1[nH]c2ccccc2c1Cl. The van der Waals surface area contributed by atoms with Gasteiger partial charge in [-0.2, -0.15) is 0 Å². The van der Waals surface area contributed by atoms with E-state index in [0.29, 0.717) is 17.3 Å². The number of carbonyl (C=O) groups is 2. The molecule has 0 atom stereocenters. The first-order chi connectivity index (χ1) is 13.4. The highest BCUT2D eigenvalue weighted by atomic mass is 35.5. The Balaban J connectivity index is 0.000000162. The van der Waals surface area contributed by atoms with Crippen LogP contribution >= 0.6 is 23.2 Å². The number of fused-ring (bicyclic) bond motifs is 2. The molecule has 0 aliphatic rings. The van der Waals surface area contributed by atoms with Crippen LogP contribution in [0.4, 0.5) is 0 Å². The highest BCUT2D eigenvalue weighted by Gasteiger charge is 2.16. The van der Waals surface area contributed by atoms with Crippen LogP contribution in [0.5, 0.6) is 0 Å². The molecule has 2 heterocycles. The summed E-state index contributed by atoms with van der Waals surface area (Å²) in [5.41, 5.74) is 1.94. The van der Waals surface area contributed by atoms with E-state index < -0.39 is 11.9 Å². The summed E-state index contributed by atoms with van der Waals surface area (Å²) in [6, 6.07) is 14.7. The molecule has 28 heavy (non-hydrogen) atoms. The lowest BCUT2D eigenvalue weighted by molar-refractivity contribution is 0.0520. The van der Waals surface area contributed by atoms with Crippen LogP contribution in [-0.2, 0) is 4.74 Å². The molecular formula is C20H16Cl2N2O4. The van der Waals surface area contributed by atoms with E-state index in [-0.39, 0.29) is 10.7 Å². The van der Waals surface area contributed by atoms with Crippen LogP contribution < -0.4 is 0 Å². The Morgan fingerprint density at radius 1 is 0.893 bits per heavy atom. The predicted molar refractivity (Wildman–Crippen MR) is 110 cm³/mol. The van der Waals surface area contributed by atoms with Gasteiger partial charge in [0, 0.05) is 21.8 Å². The molecule has 0 unspecified atom stereocenters. The largest absolute Gasteiger partial charge is 0.477 e. The molecule has 0 bridgehead atoms. The first kappa shape index (κ1) is 19.8. The van der Waals surface area contributed by atoms with Gasteiger partial charge in [-0.15, -0.1) is 0 Å². The fourth-order valence-electron chi connectivity index (χ4n) is 2.71. The Labute approximate surface area is 170 Å². The van der Waals surface area contributed by atoms with Crippen LogP contribution in [0.3, 0.4) is 0 Å². The molecule has 0 saturated heterocycles. The Bertz CT molecular complexity index is 1160. The van der Waals surface area contributed by atoms with Crippen LogP contribution in [0.15, 0.2) is 48.5 Å². The molecule has 4 aromatic rings. The molecule has 3 N–H and O–H groups in total. The van der Waals surface area contributed by atoms with Crippen LogP contribution in [0.1, 0.15) is 27.9 Å². The molecule has 4 rings (SSSR count). The highest BCUT2D eigenvalue weighted by Crippen LogP contribution is 2.28. The second-order valence-electron chi connectivity index (χ2n) is 5.74. The summed E-state index contributed by atoms with van der Waals surface area (Å²) in [6.07, 6.45) is 0. The van der Waals surface area contributed by atoms with Crippen molar-refractivity contribution in [2.45, 2.75) is 6.92 Å². The lowest BCUT2D eigenvalue weighted by Gasteiger charge is -1.98. The number of aromatic amines is 2. The average molecular weight is 419 g/mol. The van der Waals surface area contributed by atoms with Gasteiger partial charge in [-0.25, -0.2) is 9.59 Å². The van der Waals surface area contributed by atoms with Gasteiger partial charge in [-0.3, -0.25) is 0 Å². The fourth-order valence-corrected chi connectivity index (χ4v) is 3.29. The summed E-state index contributed by atoms with van der Waals surface area (Å²) in [6.45, 7) is 2.10. The number of carboxylic acids is 1. The number of H-pyrrole nitrogens is 2. The second-order valence-corrected chi connectivity index (χ2v) is 6.50. The number of ether oxygens (including phenoxy) is 1. The van der Waals surface area contributed by atoms with Gasteiger partial charge >= 0.3 is 11.9 Å². The van der Waals surface area contributed by atoms with E-state index >= 15 is 0 Å². The van der Waals surface area contributed by atoms with E-state index in [1.54, 1.807) is 19.1 Å². The zero-order chi connectivity index (χ0) is 20.3. The van der Waals surface area contributed by atoms with Crippen LogP contribution in [0, 0.1) is 0 Å². The Morgan fingerprint density at radius 3 is 1.82 bits per heavy atom. The van der Waals surface area contributed by atoms with Gasteiger partial charge in [0.25, 0.3) is 0 Å². The molecule has 2 aromatic heterocycles. The number of para-hydroxylation sites is 2. The van der Waals surface area contributed by atoms with Crippen LogP contribution in [0.2, 0.25) is 10.0 Å². The minimum absolute atomic E-state index is 0.0443. The van der Waals surface area contributed by atoms with Crippen molar-refractivity contribution in [3.8, 4) is 0 Å². The third-order valence-corrected chi connectivity index (χ3v) is 4.76. The molecule has 0 spiro atoms. The number of nitrogens with one attached hydrogen (secondary N) is 2. The fraction of sp³-hybridized carbons (Fsp3) is 0.100. The molecule has 6 nitrogen and oxygen atoms in total. The van der Waals surface area contributed by atoms with E-state index in [9.17, 15) is 9.59 Å². The van der Waals surface area contributed by atoms with Crippen molar-refractivity contribution in [3.05, 3.63) is 70.0 Å². The maximum atomic E-state index is 11.5. The van der Waals surface area contributed by atoms with Crippen molar-refractivity contribution in [2.24, 2.45) is 0 Å². The van der Waals surface area contributed by atoms with E-state index in [2.05, 4.69) is 9.97 Å². The predicted octanol–water partition coefficient (Wildman–Crippen LogP) is 5.52. The molecule has 2 aromatic carbocycles. The molecule has 0 fully saturated rings. The quantitative estimate of drug-likeness (QED) is 0.381. The monoisotopic (exact) mass is 418 g/mol. The Hall–Kier alpha value is -2.96. The van der Waals surface area contributed by atoms with Gasteiger partial charge in [-0.05, 0) is 19.1 Å². The number of benzene rings is 2. The van der Waals surface area contributed by atoms with Crippen molar-refractivity contribution >= 4 is 56.9 Å². The molecule has 0 aliphatic heterocycles. The third-order valence-electron chi connectivity index (χ3n) is 3.98. The number of hydrogen-bond acceptors (Lipinski definition) is 3. The molecular weight excluding hydrogens is 403 g/mol. The summed E-state index contributed by atoms with van der Waals surface area (Å²) in [5.74, 6) is -1.46. The van der Waals surface area contributed by atoms with Crippen molar-refractivity contribution in [1.82, 2.24) is 9.97 Å². The lowest BCUT2D eigenvalue weighted by atomic mass is 10.2. The van der Waals surface area contributed by atoms with Gasteiger partial charge in [0.1, 0.15) is 11.4 Å². The molecule has 0 saturated carbocycles. The van der Waals surface area contributed by atoms with Crippen molar-refractivity contribution < 1.29 is 19.4 Å². The number of rotatable bonds is 3. The van der Waals surface area contributed by atoms with Crippen molar-refractivity contribution in [2.75, 3.05) is 6.61 Å². The summed E-state index contributed by atoms with van der Waals surface area (Å²) in [7, 11) is 0. The van der Waals surface area contributed by atoms with Crippen LogP contribution in [-0.4, -0.2) is 33.6 Å². The Kier molecular flexibility index (Phi) is 5.92. The first-order valence-electron chi connectivity index (χ1n) is 8.36. The van der Waals surface area contributed by atoms with Crippen molar-refractivity contribution in [1.29, 1.82) is 0 Å². The number of aromatic nitrogens is 2. The summed E-state index contributed by atoms with van der Waals surface area (Å²) in [4.78, 5) is 27.8. The van der Waals surface area contributed by atoms with Crippen LogP contribution in [0.25, 0.3) is 21.8 Å². The second kappa shape index (κ2) is 8.37. The number of aromatic carboxylic acids is 1. The number of hydrogen-bond donors (Lipinski definition) is 3. The smallest absolute Gasteiger partial charge is 0.356 e. The first-order valence-corrected chi connectivity index (χ1v) is 9.12. The Morgan fingerprint density at radius 2 is 1.36 bits per heavy atom. The van der Waals surface area contributed by atoms with Gasteiger partial charge in [0.05, 0.1) is 16.7 Å². The summed E-state index contributed by atoms with van der Waals surface area (Å²) in [5, 5.41) is 11.0. The number of carbonyl (C=O) groups excluding carboxylic acids is 1. The average Bonchev–Trinajstić information content (AvgIpc) is 3.21. The minimum Gasteiger partial charge on any atom is -0.477 e. The third kappa shape index (κ3) is 3.83. The minimum atomic E-state index is -1.04. The van der Waals surface area contributed by atoms with Gasteiger partial charge in [0.2, 0.25) is 0 Å². The number of esters is 1. The lowest BCUT2D eigenvalue weighted by Crippen LogP contribution is -2.05. The van der Waals surface area contributed by atoms with Gasteiger partial charge in [-0.1, -0.05) is 59.6 Å². The highest BCUT2D eigenvalue weighted by molar-refractivity contribution is 6.39. The summed E-state index contributed by atoms with van der Waals surface area (Å²) < 4.78 is 4.88. The topological polar surface area (TPSA) is 95.2 Å². The maximum absolute atomic E-state index is 11.5. The molecule has 0 amide bonds. The molecule has 0 radical (unpaired) electrons. The standard InChI is InChI=1S/C11H10ClNO2.C9H6ClNO2/c1-2-15-11(14)10-9(12)7-5-3-4-6-8(7)13-10;10-7-5-3-1-2-4-6(5)11-8(7)9(12)13/h3-6,13H,2H2,1H3;1-4,11H,(H,12,13). The zero-order valence-corrected chi connectivity index (χ0v) is 16.3. The van der Waals surface area contributed by atoms with Crippen molar-refractivity contribution in [3.63, 3.8) is 0 Å². The van der Waals surface area contributed by atoms with Gasteiger partial charge in [0.15, 0.2) is 0 Å². The van der Waals surface area contributed by atoms with E-state index in [1.807, 2.05) is 36.4 Å². The molecule has 8 heteroatoms. The number of carboxylic acid groups (broad SMARTS) is 1.